The molecule has 0 fully saturated rings. The Morgan fingerprint density at radius 1 is 1.30 bits per heavy atom. The Hall–Kier alpha value is -1.07. The molecule has 0 radical (unpaired) electrons. The summed E-state index contributed by atoms with van der Waals surface area (Å²) in [7, 11) is 1.94. The van der Waals surface area contributed by atoms with Crippen LogP contribution in [0.25, 0.3) is 11.0 Å². The Morgan fingerprint density at radius 3 is 2.95 bits per heavy atom. The number of fused-ring (bicyclic) bond motifs is 1. The predicted molar refractivity (Wildman–Crippen MR) is 87.2 cm³/mol. The van der Waals surface area contributed by atoms with Gasteiger partial charge in [0.1, 0.15) is 0 Å². The first-order valence-corrected chi connectivity index (χ1v) is 8.59. The van der Waals surface area contributed by atoms with Crippen LogP contribution >= 0.6 is 11.8 Å². The summed E-state index contributed by atoms with van der Waals surface area (Å²) >= 11 is 1.93. The number of aryl methyl sites for hydroxylation is 2. The summed E-state index contributed by atoms with van der Waals surface area (Å²) in [5.74, 6) is 1.28. The molecule has 0 aliphatic rings. The molecule has 110 valence electrons. The van der Waals surface area contributed by atoms with Crippen molar-refractivity contribution in [2.75, 3.05) is 18.6 Å². The van der Waals surface area contributed by atoms with Crippen LogP contribution in [0.1, 0.15) is 30.5 Å². The van der Waals surface area contributed by atoms with Crippen molar-refractivity contribution in [1.29, 1.82) is 0 Å². The van der Waals surface area contributed by atoms with Crippen LogP contribution in [-0.4, -0.2) is 33.3 Å². The minimum atomic E-state index is 0.889. The van der Waals surface area contributed by atoms with Crippen molar-refractivity contribution in [3.63, 3.8) is 0 Å². The fraction of sp³-hybridized carbons (Fsp3) is 0.600. The van der Waals surface area contributed by atoms with E-state index in [0.717, 1.165) is 29.8 Å². The van der Waals surface area contributed by atoms with Gasteiger partial charge >= 0.3 is 0 Å². The number of nitrogens with zero attached hydrogens (tertiary/aromatic N) is 3. The second-order valence-corrected chi connectivity index (χ2v) is 6.14. The lowest BCUT2D eigenvalue weighted by molar-refractivity contribution is 0.618. The summed E-state index contributed by atoms with van der Waals surface area (Å²) in [6.45, 7) is 4.01. The van der Waals surface area contributed by atoms with Crippen LogP contribution in [0.4, 0.5) is 0 Å². The molecule has 0 bridgehead atoms. The average molecular weight is 292 g/mol. The number of aromatic nitrogens is 3. The van der Waals surface area contributed by atoms with Crippen LogP contribution in [0.15, 0.2) is 12.3 Å². The lowest BCUT2D eigenvalue weighted by Gasteiger charge is -2.05. The normalized spacial score (nSPS) is 11.3. The molecule has 0 aliphatic heterocycles. The molecule has 0 spiro atoms. The molecule has 0 amide bonds. The molecular formula is C15H24N4S. The number of hydrogen-bond donors (Lipinski definition) is 1. The third-order valence-electron chi connectivity index (χ3n) is 3.45. The van der Waals surface area contributed by atoms with Gasteiger partial charge in [0.2, 0.25) is 0 Å². The van der Waals surface area contributed by atoms with E-state index in [1.165, 1.54) is 30.6 Å². The van der Waals surface area contributed by atoms with Gasteiger partial charge in [-0.15, -0.1) is 0 Å². The molecule has 1 N–H and O–H groups in total. The van der Waals surface area contributed by atoms with Crippen molar-refractivity contribution in [3.05, 3.63) is 23.5 Å². The van der Waals surface area contributed by atoms with Crippen LogP contribution < -0.4 is 5.32 Å². The Kier molecular flexibility index (Phi) is 5.86. The smallest absolute Gasteiger partial charge is 0.157 e. The molecule has 0 unspecified atom stereocenters. The number of rotatable bonds is 8. The molecule has 2 aromatic heterocycles. The van der Waals surface area contributed by atoms with Gasteiger partial charge in [-0.2, -0.15) is 16.9 Å². The lowest BCUT2D eigenvalue weighted by Crippen LogP contribution is -2.14. The largest absolute Gasteiger partial charge is 0.313 e. The Morgan fingerprint density at radius 2 is 2.15 bits per heavy atom. The second kappa shape index (κ2) is 7.64. The SMILES string of the molecule is CSCCCCCNCc1cnc2c(c1)c(C)nn2C. The second-order valence-electron chi connectivity index (χ2n) is 5.15. The van der Waals surface area contributed by atoms with Gasteiger partial charge in [-0.1, -0.05) is 6.42 Å². The van der Waals surface area contributed by atoms with Crippen molar-refractivity contribution < 1.29 is 0 Å². The number of unbranched alkanes of at least 4 members (excludes halogenated alkanes) is 2. The van der Waals surface area contributed by atoms with Gasteiger partial charge in [-0.25, -0.2) is 4.98 Å². The maximum absolute atomic E-state index is 4.50. The van der Waals surface area contributed by atoms with Gasteiger partial charge in [-0.05, 0) is 49.9 Å². The third-order valence-corrected chi connectivity index (χ3v) is 4.15. The summed E-state index contributed by atoms with van der Waals surface area (Å²) < 4.78 is 1.84. The molecule has 2 rings (SSSR count). The van der Waals surface area contributed by atoms with E-state index in [4.69, 9.17) is 0 Å². The zero-order valence-corrected chi connectivity index (χ0v) is 13.5. The summed E-state index contributed by atoms with van der Waals surface area (Å²) in [6.07, 6.45) is 8.01. The number of nitrogens with one attached hydrogen (secondary N) is 1. The molecule has 2 heterocycles. The monoisotopic (exact) mass is 292 g/mol. The summed E-state index contributed by atoms with van der Waals surface area (Å²) in [4.78, 5) is 4.50. The fourth-order valence-electron chi connectivity index (χ4n) is 2.35. The first kappa shape index (κ1) is 15.3. The van der Waals surface area contributed by atoms with Crippen LogP contribution in [0.5, 0.6) is 0 Å². The van der Waals surface area contributed by atoms with E-state index in [9.17, 15) is 0 Å². The highest BCUT2D eigenvalue weighted by atomic mass is 32.2. The molecule has 0 saturated heterocycles. The minimum Gasteiger partial charge on any atom is -0.313 e. The van der Waals surface area contributed by atoms with E-state index in [0.29, 0.717) is 0 Å². The predicted octanol–water partition coefficient (Wildman–Crippen LogP) is 2.90. The Labute approximate surface area is 125 Å². The first-order valence-electron chi connectivity index (χ1n) is 7.20. The van der Waals surface area contributed by atoms with Gasteiger partial charge in [0, 0.05) is 25.2 Å². The van der Waals surface area contributed by atoms with Gasteiger partial charge in [0.05, 0.1) is 5.69 Å². The van der Waals surface area contributed by atoms with Crippen LogP contribution in [-0.2, 0) is 13.6 Å². The molecular weight excluding hydrogens is 268 g/mol. The molecule has 4 nitrogen and oxygen atoms in total. The highest BCUT2D eigenvalue weighted by molar-refractivity contribution is 7.98. The van der Waals surface area contributed by atoms with Crippen LogP contribution in [0.2, 0.25) is 0 Å². The zero-order valence-electron chi connectivity index (χ0n) is 12.6. The number of thioether (sulfide) groups is 1. The molecule has 2 aromatic rings. The minimum absolute atomic E-state index is 0.889. The lowest BCUT2D eigenvalue weighted by atomic mass is 10.2. The van der Waals surface area contributed by atoms with Crippen LogP contribution in [0.3, 0.4) is 0 Å². The van der Waals surface area contributed by atoms with Gasteiger partial charge < -0.3 is 5.32 Å². The van der Waals surface area contributed by atoms with E-state index in [-0.39, 0.29) is 0 Å². The highest BCUT2D eigenvalue weighted by Gasteiger charge is 2.06. The summed E-state index contributed by atoms with van der Waals surface area (Å²) in [6, 6.07) is 2.20. The number of hydrogen-bond acceptors (Lipinski definition) is 4. The van der Waals surface area contributed by atoms with Crippen molar-refractivity contribution in [1.82, 2.24) is 20.1 Å². The molecule has 5 heteroatoms. The number of pyridine rings is 1. The zero-order chi connectivity index (χ0) is 14.4. The summed E-state index contributed by atoms with van der Waals surface area (Å²) in [5, 5.41) is 9.06. The third kappa shape index (κ3) is 3.96. The Balaban J connectivity index is 1.80. The maximum atomic E-state index is 4.50. The summed E-state index contributed by atoms with van der Waals surface area (Å²) in [5.41, 5.74) is 3.25. The van der Waals surface area contributed by atoms with E-state index < -0.39 is 0 Å². The van der Waals surface area contributed by atoms with Gasteiger partial charge in [0.15, 0.2) is 5.65 Å². The van der Waals surface area contributed by atoms with E-state index in [1.807, 2.05) is 36.6 Å². The fourth-order valence-corrected chi connectivity index (χ4v) is 2.85. The van der Waals surface area contributed by atoms with E-state index >= 15 is 0 Å². The quantitative estimate of drug-likeness (QED) is 0.760. The van der Waals surface area contributed by atoms with Crippen molar-refractivity contribution in [3.8, 4) is 0 Å². The van der Waals surface area contributed by atoms with Crippen molar-refractivity contribution >= 4 is 22.8 Å². The molecule has 0 atom stereocenters. The maximum Gasteiger partial charge on any atom is 0.157 e. The topological polar surface area (TPSA) is 42.7 Å². The highest BCUT2D eigenvalue weighted by Crippen LogP contribution is 2.16. The molecule has 0 saturated carbocycles. The van der Waals surface area contributed by atoms with E-state index in [1.54, 1.807) is 0 Å². The molecule has 0 aromatic carbocycles. The van der Waals surface area contributed by atoms with Gasteiger partial charge in [0.25, 0.3) is 0 Å². The Bertz CT molecular complexity index is 550. The standard InChI is InChI=1S/C15H24N4S/c1-12-14-9-13(11-17-15(14)19(2)18-12)10-16-7-5-4-6-8-20-3/h9,11,16H,4-8,10H2,1-3H3. The van der Waals surface area contributed by atoms with Crippen LogP contribution in [0, 0.1) is 6.92 Å². The van der Waals surface area contributed by atoms with Gasteiger partial charge in [-0.3, -0.25) is 4.68 Å². The first-order chi connectivity index (χ1) is 9.72. The average Bonchev–Trinajstić information content (AvgIpc) is 2.73. The molecule has 0 aliphatic carbocycles. The van der Waals surface area contributed by atoms with E-state index in [2.05, 4.69) is 27.7 Å². The van der Waals surface area contributed by atoms with Crippen molar-refractivity contribution in [2.24, 2.45) is 7.05 Å². The van der Waals surface area contributed by atoms with Crippen molar-refractivity contribution in [2.45, 2.75) is 32.7 Å². The molecule has 20 heavy (non-hydrogen) atoms.